The fraction of sp³-hybridized carbons (Fsp3) is 0.417. The minimum Gasteiger partial charge on any atom is -0.304 e. The van der Waals surface area contributed by atoms with Crippen LogP contribution in [-0.2, 0) is 16.3 Å². The van der Waals surface area contributed by atoms with Gasteiger partial charge in [-0.2, -0.15) is 5.26 Å². The van der Waals surface area contributed by atoms with Gasteiger partial charge in [0.15, 0.2) is 9.84 Å². The fourth-order valence-electron chi connectivity index (χ4n) is 1.41. The van der Waals surface area contributed by atoms with Crippen molar-refractivity contribution in [2.24, 2.45) is 0 Å². The monoisotopic (exact) mass is 252 g/mol. The Morgan fingerprint density at radius 1 is 1.29 bits per heavy atom. The van der Waals surface area contributed by atoms with Crippen molar-refractivity contribution in [2.75, 3.05) is 18.8 Å². The molecule has 0 aliphatic carbocycles. The summed E-state index contributed by atoms with van der Waals surface area (Å²) in [6, 6.07) is 8.91. The summed E-state index contributed by atoms with van der Waals surface area (Å²) in [7, 11) is -3.10. The molecule has 1 aromatic rings. The van der Waals surface area contributed by atoms with E-state index in [0.29, 0.717) is 18.0 Å². The van der Waals surface area contributed by atoms with Crippen LogP contribution >= 0.6 is 0 Å². The zero-order chi connectivity index (χ0) is 12.7. The number of hydrogen-bond acceptors (Lipinski definition) is 4. The Labute approximate surface area is 102 Å². The number of sulfone groups is 1. The first-order valence-electron chi connectivity index (χ1n) is 5.49. The van der Waals surface area contributed by atoms with E-state index in [4.69, 9.17) is 5.26 Å². The third-order valence-corrected chi connectivity index (χ3v) is 4.21. The Bertz CT molecular complexity index is 486. The summed E-state index contributed by atoms with van der Waals surface area (Å²) >= 11 is 0. The average molecular weight is 252 g/mol. The summed E-state index contributed by atoms with van der Waals surface area (Å²) in [6.45, 7) is 2.69. The SMILES string of the molecule is CCS(=O)(=O)c1ccc(CCNCC#N)cc1. The van der Waals surface area contributed by atoms with Crippen LogP contribution < -0.4 is 5.32 Å². The molecule has 92 valence electrons. The van der Waals surface area contributed by atoms with Crippen LogP contribution in [0.3, 0.4) is 0 Å². The molecular formula is C12H16N2O2S. The van der Waals surface area contributed by atoms with E-state index in [1.54, 1.807) is 19.1 Å². The Kier molecular flexibility index (Phi) is 5.13. The second-order valence-electron chi connectivity index (χ2n) is 3.63. The van der Waals surface area contributed by atoms with E-state index >= 15 is 0 Å². The van der Waals surface area contributed by atoms with Gasteiger partial charge in [0, 0.05) is 6.54 Å². The Balaban J connectivity index is 2.60. The van der Waals surface area contributed by atoms with Crippen LogP contribution in [0.15, 0.2) is 29.2 Å². The van der Waals surface area contributed by atoms with E-state index in [9.17, 15) is 8.42 Å². The molecule has 0 heterocycles. The summed E-state index contributed by atoms with van der Waals surface area (Å²) in [6.07, 6.45) is 0.786. The molecule has 0 aromatic heterocycles. The maximum Gasteiger partial charge on any atom is 0.178 e. The van der Waals surface area contributed by atoms with Gasteiger partial charge in [0.05, 0.1) is 23.3 Å². The highest BCUT2D eigenvalue weighted by Gasteiger charge is 2.10. The molecule has 4 nitrogen and oxygen atoms in total. The molecule has 1 N–H and O–H groups in total. The first-order chi connectivity index (χ1) is 8.10. The number of benzene rings is 1. The summed E-state index contributed by atoms with van der Waals surface area (Å²) in [4.78, 5) is 0.369. The van der Waals surface area contributed by atoms with Gasteiger partial charge in [-0.15, -0.1) is 0 Å². The van der Waals surface area contributed by atoms with Crippen molar-refractivity contribution in [3.05, 3.63) is 29.8 Å². The number of nitrogens with one attached hydrogen (secondary N) is 1. The van der Waals surface area contributed by atoms with E-state index in [1.165, 1.54) is 0 Å². The summed E-state index contributed by atoms with van der Waals surface area (Å²) in [5, 5.41) is 11.3. The quantitative estimate of drug-likeness (QED) is 0.609. The number of nitriles is 1. The first-order valence-corrected chi connectivity index (χ1v) is 7.14. The fourth-order valence-corrected chi connectivity index (χ4v) is 2.29. The molecule has 0 radical (unpaired) electrons. The number of nitrogens with zero attached hydrogens (tertiary/aromatic N) is 1. The zero-order valence-corrected chi connectivity index (χ0v) is 10.6. The van der Waals surface area contributed by atoms with Crippen LogP contribution in [-0.4, -0.2) is 27.3 Å². The Hall–Kier alpha value is -1.38. The molecule has 1 rings (SSSR count). The molecule has 0 aliphatic rings. The van der Waals surface area contributed by atoms with Gasteiger partial charge < -0.3 is 5.32 Å². The highest BCUT2D eigenvalue weighted by atomic mass is 32.2. The molecule has 0 fully saturated rings. The predicted octanol–water partition coefficient (Wildman–Crippen LogP) is 1.14. The maximum absolute atomic E-state index is 11.6. The topological polar surface area (TPSA) is 70.0 Å². The van der Waals surface area contributed by atoms with Crippen LogP contribution in [0.25, 0.3) is 0 Å². The minimum atomic E-state index is -3.10. The molecule has 0 saturated carbocycles. The van der Waals surface area contributed by atoms with Crippen LogP contribution in [0.4, 0.5) is 0 Å². The van der Waals surface area contributed by atoms with Gasteiger partial charge >= 0.3 is 0 Å². The third kappa shape index (κ3) is 4.17. The second-order valence-corrected chi connectivity index (χ2v) is 5.91. The van der Waals surface area contributed by atoms with Crippen molar-refractivity contribution in [1.29, 1.82) is 5.26 Å². The molecule has 0 saturated heterocycles. The zero-order valence-electron chi connectivity index (χ0n) is 9.81. The molecule has 0 amide bonds. The second kappa shape index (κ2) is 6.38. The molecule has 0 aliphatic heterocycles. The molecular weight excluding hydrogens is 236 g/mol. The number of rotatable bonds is 6. The first kappa shape index (κ1) is 13.7. The van der Waals surface area contributed by atoms with Crippen molar-refractivity contribution in [3.8, 4) is 6.07 Å². The van der Waals surface area contributed by atoms with E-state index in [-0.39, 0.29) is 5.75 Å². The largest absolute Gasteiger partial charge is 0.304 e. The van der Waals surface area contributed by atoms with Gasteiger partial charge in [0.1, 0.15) is 0 Å². The van der Waals surface area contributed by atoms with Gasteiger partial charge in [0.2, 0.25) is 0 Å². The van der Waals surface area contributed by atoms with E-state index in [0.717, 1.165) is 12.0 Å². The average Bonchev–Trinajstić information content (AvgIpc) is 2.35. The highest BCUT2D eigenvalue weighted by Crippen LogP contribution is 2.12. The van der Waals surface area contributed by atoms with Crippen molar-refractivity contribution >= 4 is 9.84 Å². The maximum atomic E-state index is 11.6. The van der Waals surface area contributed by atoms with Crippen molar-refractivity contribution in [3.63, 3.8) is 0 Å². The van der Waals surface area contributed by atoms with E-state index < -0.39 is 9.84 Å². The van der Waals surface area contributed by atoms with Gasteiger partial charge in [-0.1, -0.05) is 19.1 Å². The summed E-state index contributed by atoms with van der Waals surface area (Å²) < 4.78 is 23.1. The van der Waals surface area contributed by atoms with Crippen molar-refractivity contribution < 1.29 is 8.42 Å². The third-order valence-electron chi connectivity index (χ3n) is 2.46. The molecule has 17 heavy (non-hydrogen) atoms. The molecule has 0 bridgehead atoms. The molecule has 1 aromatic carbocycles. The van der Waals surface area contributed by atoms with Gasteiger partial charge in [0.25, 0.3) is 0 Å². The van der Waals surface area contributed by atoms with Crippen LogP contribution in [0.5, 0.6) is 0 Å². The minimum absolute atomic E-state index is 0.121. The Morgan fingerprint density at radius 3 is 2.47 bits per heavy atom. The van der Waals surface area contributed by atoms with E-state index in [2.05, 4.69) is 5.32 Å². The highest BCUT2D eigenvalue weighted by molar-refractivity contribution is 7.91. The molecule has 5 heteroatoms. The van der Waals surface area contributed by atoms with Crippen LogP contribution in [0.1, 0.15) is 12.5 Å². The normalized spacial score (nSPS) is 11.1. The van der Waals surface area contributed by atoms with E-state index in [1.807, 2.05) is 18.2 Å². The van der Waals surface area contributed by atoms with Crippen molar-refractivity contribution in [2.45, 2.75) is 18.2 Å². The lowest BCUT2D eigenvalue weighted by Gasteiger charge is -2.04. The standard InChI is InChI=1S/C12H16N2O2S/c1-2-17(15,16)12-5-3-11(4-6-12)7-9-14-10-8-13/h3-6,14H,2,7,9-10H2,1H3. The molecule has 0 unspecified atom stereocenters. The smallest absolute Gasteiger partial charge is 0.178 e. The molecule has 0 spiro atoms. The lowest BCUT2D eigenvalue weighted by molar-refractivity contribution is 0.597. The van der Waals surface area contributed by atoms with Gasteiger partial charge in [-0.05, 0) is 24.1 Å². The lowest BCUT2D eigenvalue weighted by atomic mass is 10.1. The summed E-state index contributed by atoms with van der Waals surface area (Å²) in [5.41, 5.74) is 1.06. The Morgan fingerprint density at radius 2 is 1.94 bits per heavy atom. The van der Waals surface area contributed by atoms with Gasteiger partial charge in [-0.25, -0.2) is 8.42 Å². The number of hydrogen-bond donors (Lipinski definition) is 1. The van der Waals surface area contributed by atoms with Crippen LogP contribution in [0, 0.1) is 11.3 Å². The van der Waals surface area contributed by atoms with Crippen LogP contribution in [0.2, 0.25) is 0 Å². The van der Waals surface area contributed by atoms with Gasteiger partial charge in [-0.3, -0.25) is 0 Å². The summed E-state index contributed by atoms with van der Waals surface area (Å²) in [5.74, 6) is 0.121. The lowest BCUT2D eigenvalue weighted by Crippen LogP contribution is -2.17. The van der Waals surface area contributed by atoms with Crippen molar-refractivity contribution in [1.82, 2.24) is 5.32 Å². The predicted molar refractivity (Wildman–Crippen MR) is 66.4 cm³/mol. The molecule has 0 atom stereocenters.